The third-order valence-corrected chi connectivity index (χ3v) is 5.14. The molecule has 0 aliphatic heterocycles. The van der Waals surface area contributed by atoms with Gasteiger partial charge in [-0.1, -0.05) is 68.8 Å². The smallest absolute Gasteiger partial charge is 0.238 e. The molecule has 0 saturated heterocycles. The zero-order valence-corrected chi connectivity index (χ0v) is 17.8. The molecule has 3 aromatic rings. The fraction of sp³-hybridized carbons (Fsp3) is 0.115. The molecule has 3 rings (SSSR count). The number of rotatable bonds is 7. The van der Waals surface area contributed by atoms with E-state index in [2.05, 4.69) is 26.3 Å². The van der Waals surface area contributed by atoms with E-state index in [0.717, 1.165) is 39.2 Å². The lowest BCUT2D eigenvalue weighted by atomic mass is 10.1. The van der Waals surface area contributed by atoms with E-state index in [1.165, 1.54) is 0 Å². The lowest BCUT2D eigenvalue weighted by molar-refractivity contribution is 0.880. The van der Waals surface area contributed by atoms with Crippen molar-refractivity contribution in [2.24, 2.45) is 0 Å². The Hall–Kier alpha value is -3.79. The van der Waals surface area contributed by atoms with Crippen molar-refractivity contribution < 1.29 is 0 Å². The number of hydrogen-bond acceptors (Lipinski definition) is 3. The molecule has 150 valence electrons. The third kappa shape index (κ3) is 3.48. The van der Waals surface area contributed by atoms with E-state index in [9.17, 15) is 0 Å². The lowest BCUT2D eigenvalue weighted by Gasteiger charge is -2.13. The number of benzene rings is 1. The average molecular weight is 395 g/mol. The van der Waals surface area contributed by atoms with Gasteiger partial charge in [-0.05, 0) is 44.1 Å². The summed E-state index contributed by atoms with van der Waals surface area (Å²) in [7, 11) is 0. The molecule has 0 amide bonds. The molecule has 0 unspecified atom stereocenters. The largest absolute Gasteiger partial charge is 0.278 e. The maximum absolute atomic E-state index is 4.84. The molecule has 1 aromatic carbocycles. The summed E-state index contributed by atoms with van der Waals surface area (Å²) in [6, 6.07) is 8.04. The van der Waals surface area contributed by atoms with Crippen molar-refractivity contribution in [2.45, 2.75) is 20.8 Å². The van der Waals surface area contributed by atoms with Crippen molar-refractivity contribution in [1.82, 2.24) is 19.5 Å². The lowest BCUT2D eigenvalue weighted by Crippen LogP contribution is -2.10. The molecule has 0 radical (unpaired) electrons. The van der Waals surface area contributed by atoms with Crippen LogP contribution in [0, 0.1) is 13.8 Å². The van der Waals surface area contributed by atoms with Crippen LogP contribution in [0.4, 0.5) is 0 Å². The van der Waals surface area contributed by atoms with Gasteiger partial charge in [0.05, 0.1) is 11.4 Å². The van der Waals surface area contributed by atoms with E-state index in [-0.39, 0.29) is 0 Å². The molecule has 0 aliphatic rings. The molecule has 2 aromatic heterocycles. The zero-order chi connectivity index (χ0) is 21.8. The van der Waals surface area contributed by atoms with Gasteiger partial charge in [-0.15, -0.1) is 0 Å². The molecule has 0 atom stereocenters. The normalized spacial score (nSPS) is 11.2. The summed E-state index contributed by atoms with van der Waals surface area (Å²) in [4.78, 5) is 14.4. The third-order valence-electron chi connectivity index (χ3n) is 5.14. The van der Waals surface area contributed by atoms with Crippen molar-refractivity contribution in [3.8, 4) is 17.3 Å². The van der Waals surface area contributed by atoms with Crippen LogP contribution in [0.5, 0.6) is 0 Å². The molecule has 4 nitrogen and oxygen atoms in total. The van der Waals surface area contributed by atoms with E-state index in [0.29, 0.717) is 17.6 Å². The first-order valence-electron chi connectivity index (χ1n) is 9.74. The molecule has 0 bridgehead atoms. The van der Waals surface area contributed by atoms with Gasteiger partial charge in [-0.2, -0.15) is 9.97 Å². The highest BCUT2D eigenvalue weighted by atomic mass is 15.2. The molecular weight excluding hydrogens is 368 g/mol. The first kappa shape index (κ1) is 20.9. The Morgan fingerprint density at radius 1 is 0.900 bits per heavy atom. The molecule has 2 heterocycles. The molecular formula is C26H26N4. The quantitative estimate of drug-likeness (QED) is 0.432. The summed E-state index contributed by atoms with van der Waals surface area (Å²) in [6.07, 6.45) is 9.10. The highest BCUT2D eigenvalue weighted by molar-refractivity contribution is 5.74. The SMILES string of the molecule is C=C/C(=C\C)c1nc(-c2ccccc2C)nc(-n2c(C=C)c(C)c(C=C)c2C=C)n1. The highest BCUT2D eigenvalue weighted by Crippen LogP contribution is 2.30. The summed E-state index contributed by atoms with van der Waals surface area (Å²) in [5, 5.41) is 0. The molecule has 0 spiro atoms. The van der Waals surface area contributed by atoms with Gasteiger partial charge in [-0.25, -0.2) is 4.98 Å². The van der Waals surface area contributed by atoms with Crippen LogP contribution in [-0.2, 0) is 0 Å². The molecule has 4 heteroatoms. The van der Waals surface area contributed by atoms with Crippen LogP contribution in [0.15, 0.2) is 62.7 Å². The number of nitrogens with zero attached hydrogens (tertiary/aromatic N) is 4. The van der Waals surface area contributed by atoms with Crippen LogP contribution in [0.25, 0.3) is 41.1 Å². The number of aromatic nitrogens is 4. The van der Waals surface area contributed by atoms with Crippen molar-refractivity contribution in [3.05, 3.63) is 96.6 Å². The van der Waals surface area contributed by atoms with Crippen molar-refractivity contribution in [1.29, 1.82) is 0 Å². The first-order chi connectivity index (χ1) is 14.5. The molecule has 0 saturated carbocycles. The maximum Gasteiger partial charge on any atom is 0.238 e. The summed E-state index contributed by atoms with van der Waals surface area (Å²) in [5.74, 6) is 1.67. The van der Waals surface area contributed by atoms with E-state index in [4.69, 9.17) is 15.0 Å². The minimum Gasteiger partial charge on any atom is -0.278 e. The predicted octanol–water partition coefficient (Wildman–Crippen LogP) is 6.46. The highest BCUT2D eigenvalue weighted by Gasteiger charge is 2.20. The second-order valence-corrected chi connectivity index (χ2v) is 6.80. The van der Waals surface area contributed by atoms with E-state index in [1.54, 1.807) is 18.2 Å². The Kier molecular flexibility index (Phi) is 6.07. The predicted molar refractivity (Wildman–Crippen MR) is 128 cm³/mol. The van der Waals surface area contributed by atoms with Crippen LogP contribution in [0.1, 0.15) is 40.8 Å². The van der Waals surface area contributed by atoms with Gasteiger partial charge in [0.25, 0.3) is 0 Å². The van der Waals surface area contributed by atoms with Gasteiger partial charge in [0.1, 0.15) is 0 Å². The van der Waals surface area contributed by atoms with Crippen LogP contribution >= 0.6 is 0 Å². The monoisotopic (exact) mass is 394 g/mol. The maximum atomic E-state index is 4.84. The van der Waals surface area contributed by atoms with Crippen LogP contribution in [0.3, 0.4) is 0 Å². The summed E-state index contributed by atoms with van der Waals surface area (Å²) < 4.78 is 1.95. The van der Waals surface area contributed by atoms with Crippen molar-refractivity contribution in [3.63, 3.8) is 0 Å². The molecule has 30 heavy (non-hydrogen) atoms. The Morgan fingerprint density at radius 2 is 1.60 bits per heavy atom. The summed E-state index contributed by atoms with van der Waals surface area (Å²) in [6.45, 7) is 21.9. The summed E-state index contributed by atoms with van der Waals surface area (Å²) >= 11 is 0. The second-order valence-electron chi connectivity index (χ2n) is 6.80. The van der Waals surface area contributed by atoms with Crippen LogP contribution in [-0.4, -0.2) is 19.5 Å². The first-order valence-corrected chi connectivity index (χ1v) is 9.74. The Morgan fingerprint density at radius 3 is 2.17 bits per heavy atom. The second kappa shape index (κ2) is 8.70. The number of hydrogen-bond donors (Lipinski definition) is 0. The Labute approximate surface area is 178 Å². The van der Waals surface area contributed by atoms with Gasteiger partial charge in [0, 0.05) is 16.7 Å². The topological polar surface area (TPSA) is 43.6 Å². The van der Waals surface area contributed by atoms with Crippen LogP contribution < -0.4 is 0 Å². The van der Waals surface area contributed by atoms with E-state index < -0.39 is 0 Å². The fourth-order valence-electron chi connectivity index (χ4n) is 3.54. The molecule has 0 aliphatic carbocycles. The minimum absolute atomic E-state index is 0.500. The molecule has 0 N–H and O–H groups in total. The van der Waals surface area contributed by atoms with Gasteiger partial charge in [-0.3, -0.25) is 4.57 Å². The number of allylic oxidation sites excluding steroid dienone is 3. The van der Waals surface area contributed by atoms with Gasteiger partial charge in [0.2, 0.25) is 5.95 Å². The zero-order valence-electron chi connectivity index (χ0n) is 17.8. The summed E-state index contributed by atoms with van der Waals surface area (Å²) in [5.41, 5.74) is 6.67. The average Bonchev–Trinajstić information content (AvgIpc) is 3.05. The van der Waals surface area contributed by atoms with Gasteiger partial charge < -0.3 is 0 Å². The van der Waals surface area contributed by atoms with Crippen molar-refractivity contribution >= 4 is 23.8 Å². The van der Waals surface area contributed by atoms with Gasteiger partial charge in [0.15, 0.2) is 11.6 Å². The van der Waals surface area contributed by atoms with E-state index in [1.807, 2.05) is 61.8 Å². The fourth-order valence-corrected chi connectivity index (χ4v) is 3.54. The van der Waals surface area contributed by atoms with Gasteiger partial charge >= 0.3 is 0 Å². The van der Waals surface area contributed by atoms with Crippen molar-refractivity contribution in [2.75, 3.05) is 0 Å². The molecule has 0 fully saturated rings. The van der Waals surface area contributed by atoms with E-state index >= 15 is 0 Å². The van der Waals surface area contributed by atoms with Crippen LogP contribution in [0.2, 0.25) is 0 Å². The standard InChI is InChI=1S/C26H26N4/c1-8-19(9-2)24-27-25(21-16-14-13-15-17(21)6)29-26(28-24)30-22(11-4)18(7)20(10-3)23(30)12-5/h8-16H,1,3-5H2,2,6-7H3/b19-9+. The Balaban J connectivity index is 2.43. The minimum atomic E-state index is 0.500. The number of aryl methyl sites for hydroxylation is 1. The Bertz CT molecular complexity index is 1190.